The van der Waals surface area contributed by atoms with E-state index in [4.69, 9.17) is 4.52 Å². The van der Waals surface area contributed by atoms with Gasteiger partial charge >= 0.3 is 0 Å². The number of amides is 1. The Bertz CT molecular complexity index is 935. The summed E-state index contributed by atoms with van der Waals surface area (Å²) in [6, 6.07) is 8.12. The van der Waals surface area contributed by atoms with Crippen LogP contribution in [0.15, 0.2) is 34.2 Å². The number of benzene rings is 1. The highest BCUT2D eigenvalue weighted by molar-refractivity contribution is 7.13. The number of thiophene rings is 1. The molecule has 6 nitrogen and oxygen atoms in total. The zero-order valence-electron chi connectivity index (χ0n) is 15.7. The molecule has 27 heavy (non-hydrogen) atoms. The second kappa shape index (κ2) is 7.25. The van der Waals surface area contributed by atoms with E-state index in [2.05, 4.69) is 39.4 Å². The lowest BCUT2D eigenvalue weighted by atomic mass is 10.00. The lowest BCUT2D eigenvalue weighted by molar-refractivity contribution is -0.118. The van der Waals surface area contributed by atoms with E-state index < -0.39 is 0 Å². The summed E-state index contributed by atoms with van der Waals surface area (Å²) in [5.41, 5.74) is 4.30. The molecule has 3 heterocycles. The van der Waals surface area contributed by atoms with Crippen LogP contribution in [-0.2, 0) is 4.79 Å². The van der Waals surface area contributed by atoms with Gasteiger partial charge in [-0.2, -0.15) is 4.98 Å². The topological polar surface area (TPSA) is 71.3 Å². The Labute approximate surface area is 162 Å². The summed E-state index contributed by atoms with van der Waals surface area (Å²) in [5.74, 6) is 1.50. The molecule has 1 aliphatic heterocycles. The van der Waals surface area contributed by atoms with Crippen molar-refractivity contribution in [2.45, 2.75) is 26.7 Å². The molecule has 1 aromatic carbocycles. The molecule has 7 heteroatoms. The smallest absolute Gasteiger partial charge is 0.238 e. The van der Waals surface area contributed by atoms with E-state index in [1.807, 2.05) is 31.4 Å². The maximum Gasteiger partial charge on any atom is 0.238 e. The maximum absolute atomic E-state index is 12.4. The molecular weight excluding hydrogens is 360 g/mol. The Hall–Kier alpha value is -2.51. The average molecular weight is 382 g/mol. The molecule has 0 spiro atoms. The first-order valence-electron chi connectivity index (χ1n) is 8.97. The Kier molecular flexibility index (Phi) is 4.80. The highest BCUT2D eigenvalue weighted by Crippen LogP contribution is 2.29. The number of likely N-dealkylation sites (tertiary alicyclic amines) is 1. The van der Waals surface area contributed by atoms with Crippen molar-refractivity contribution in [2.24, 2.45) is 0 Å². The van der Waals surface area contributed by atoms with Crippen molar-refractivity contribution in [2.75, 3.05) is 25.0 Å². The number of aromatic nitrogens is 2. The summed E-state index contributed by atoms with van der Waals surface area (Å²) < 4.78 is 5.40. The monoisotopic (exact) mass is 382 g/mol. The fraction of sp³-hybridized carbons (Fsp3) is 0.350. The van der Waals surface area contributed by atoms with Gasteiger partial charge in [-0.05, 0) is 43.3 Å². The van der Waals surface area contributed by atoms with Crippen LogP contribution in [-0.4, -0.2) is 40.6 Å². The van der Waals surface area contributed by atoms with E-state index in [0.29, 0.717) is 18.3 Å². The van der Waals surface area contributed by atoms with E-state index in [1.165, 1.54) is 5.56 Å². The van der Waals surface area contributed by atoms with E-state index in [0.717, 1.165) is 34.8 Å². The zero-order valence-corrected chi connectivity index (χ0v) is 16.5. The number of nitrogens with one attached hydrogen (secondary N) is 1. The Morgan fingerprint density at radius 3 is 2.70 bits per heavy atom. The van der Waals surface area contributed by atoms with Crippen molar-refractivity contribution < 1.29 is 9.32 Å². The van der Waals surface area contributed by atoms with Gasteiger partial charge in [0, 0.05) is 18.8 Å². The lowest BCUT2D eigenvalue weighted by Crippen LogP contribution is -2.48. The van der Waals surface area contributed by atoms with Crippen LogP contribution in [0, 0.1) is 20.8 Å². The summed E-state index contributed by atoms with van der Waals surface area (Å²) in [4.78, 5) is 20.0. The molecule has 140 valence electrons. The van der Waals surface area contributed by atoms with Crippen LogP contribution in [0.2, 0.25) is 0 Å². The van der Waals surface area contributed by atoms with Crippen LogP contribution in [0.1, 0.15) is 28.5 Å². The fourth-order valence-electron chi connectivity index (χ4n) is 3.52. The Balaban J connectivity index is 1.31. The molecule has 1 fully saturated rings. The molecule has 1 saturated heterocycles. The number of hydrogen-bond acceptors (Lipinski definition) is 6. The second-order valence-corrected chi connectivity index (χ2v) is 8.09. The van der Waals surface area contributed by atoms with Crippen molar-refractivity contribution >= 4 is 22.9 Å². The number of carbonyl (C=O) groups is 1. The van der Waals surface area contributed by atoms with Gasteiger partial charge < -0.3 is 9.84 Å². The lowest BCUT2D eigenvalue weighted by Gasteiger charge is -2.36. The van der Waals surface area contributed by atoms with E-state index in [-0.39, 0.29) is 11.8 Å². The number of rotatable bonds is 5. The van der Waals surface area contributed by atoms with Gasteiger partial charge in [0.1, 0.15) is 0 Å². The summed E-state index contributed by atoms with van der Waals surface area (Å²) in [5, 5.41) is 9.10. The van der Waals surface area contributed by atoms with Gasteiger partial charge in [-0.25, -0.2) is 0 Å². The zero-order chi connectivity index (χ0) is 19.0. The summed E-state index contributed by atoms with van der Waals surface area (Å²) in [6.45, 7) is 7.99. The van der Waals surface area contributed by atoms with Gasteiger partial charge in [-0.1, -0.05) is 28.9 Å². The third-order valence-electron chi connectivity index (χ3n) is 4.80. The summed E-state index contributed by atoms with van der Waals surface area (Å²) in [7, 11) is 0. The first-order valence-corrected chi connectivity index (χ1v) is 9.85. The molecule has 0 saturated carbocycles. The number of carbonyl (C=O) groups excluding carboxylic acids is 1. The minimum Gasteiger partial charge on any atom is -0.339 e. The maximum atomic E-state index is 12.4. The summed E-state index contributed by atoms with van der Waals surface area (Å²) in [6.07, 6.45) is 0. The van der Waals surface area contributed by atoms with Crippen molar-refractivity contribution in [1.29, 1.82) is 0 Å². The fourth-order valence-corrected chi connectivity index (χ4v) is 4.17. The molecule has 0 bridgehead atoms. The molecule has 4 rings (SSSR count). The van der Waals surface area contributed by atoms with Gasteiger partial charge in [0.05, 0.1) is 17.3 Å². The summed E-state index contributed by atoms with van der Waals surface area (Å²) >= 11 is 1.59. The van der Waals surface area contributed by atoms with Gasteiger partial charge in [0.25, 0.3) is 0 Å². The van der Waals surface area contributed by atoms with Crippen LogP contribution in [0.4, 0.5) is 5.69 Å². The molecule has 3 aromatic rings. The molecule has 1 N–H and O–H groups in total. The normalized spacial score (nSPS) is 14.9. The minimum atomic E-state index is 0.00769. The van der Waals surface area contributed by atoms with Gasteiger partial charge in [-0.15, -0.1) is 11.3 Å². The second-order valence-electron chi connectivity index (χ2n) is 7.15. The highest BCUT2D eigenvalue weighted by Gasteiger charge is 2.33. The first-order chi connectivity index (χ1) is 13.0. The number of nitrogens with zero attached hydrogens (tertiary/aromatic N) is 3. The van der Waals surface area contributed by atoms with Crippen molar-refractivity contribution in [3.8, 4) is 10.7 Å². The number of anilines is 1. The molecular formula is C20H22N4O2S. The highest BCUT2D eigenvalue weighted by atomic mass is 32.1. The third kappa shape index (κ3) is 3.79. The van der Waals surface area contributed by atoms with Crippen LogP contribution >= 0.6 is 11.3 Å². The predicted octanol–water partition coefficient (Wildman–Crippen LogP) is 3.76. The van der Waals surface area contributed by atoms with Crippen molar-refractivity contribution in [3.05, 3.63) is 52.2 Å². The van der Waals surface area contributed by atoms with Crippen LogP contribution in [0.25, 0.3) is 10.7 Å². The Morgan fingerprint density at radius 1 is 1.30 bits per heavy atom. The predicted molar refractivity (Wildman–Crippen MR) is 106 cm³/mol. The van der Waals surface area contributed by atoms with Crippen molar-refractivity contribution in [3.63, 3.8) is 0 Å². The SMILES string of the molecule is Cc1cc(C)c(NC(=O)CN2CC(c3nc(-c4cccs4)no3)C2)c(C)c1. The molecule has 1 amide bonds. The van der Waals surface area contributed by atoms with Gasteiger partial charge in [0.15, 0.2) is 0 Å². The molecule has 1 aliphatic rings. The van der Waals surface area contributed by atoms with Crippen LogP contribution < -0.4 is 5.32 Å². The van der Waals surface area contributed by atoms with E-state index in [1.54, 1.807) is 11.3 Å². The molecule has 0 unspecified atom stereocenters. The molecule has 0 atom stereocenters. The largest absolute Gasteiger partial charge is 0.339 e. The standard InChI is InChI=1S/C20H22N4O2S/c1-12-7-13(2)18(14(3)8-12)21-17(25)11-24-9-15(10-24)20-22-19(23-26-20)16-5-4-6-27-16/h4-8,15H,9-11H2,1-3H3,(H,21,25). The van der Waals surface area contributed by atoms with Crippen LogP contribution in [0.3, 0.4) is 0 Å². The van der Waals surface area contributed by atoms with E-state index >= 15 is 0 Å². The molecule has 0 radical (unpaired) electrons. The van der Waals surface area contributed by atoms with Gasteiger partial charge in [-0.3, -0.25) is 9.69 Å². The third-order valence-corrected chi connectivity index (χ3v) is 5.66. The quantitative estimate of drug-likeness (QED) is 0.727. The minimum absolute atomic E-state index is 0.00769. The first kappa shape index (κ1) is 17.9. The van der Waals surface area contributed by atoms with E-state index in [9.17, 15) is 4.79 Å². The number of aryl methyl sites for hydroxylation is 3. The van der Waals surface area contributed by atoms with Crippen molar-refractivity contribution in [1.82, 2.24) is 15.0 Å². The molecule has 0 aliphatic carbocycles. The molecule has 2 aromatic heterocycles. The van der Waals surface area contributed by atoms with Gasteiger partial charge in [0.2, 0.25) is 17.6 Å². The van der Waals surface area contributed by atoms with Crippen LogP contribution in [0.5, 0.6) is 0 Å². The Morgan fingerprint density at radius 2 is 2.04 bits per heavy atom. The number of hydrogen-bond donors (Lipinski definition) is 1. The average Bonchev–Trinajstić information content (AvgIpc) is 3.24.